The molecule has 3 aliphatic heterocycles. The van der Waals surface area contributed by atoms with Crippen molar-refractivity contribution < 1.29 is 23.7 Å². The maximum Gasteiger partial charge on any atom is 0.337 e. The van der Waals surface area contributed by atoms with Crippen molar-refractivity contribution in [3.63, 3.8) is 0 Å². The molecule has 1 N–H and O–H groups in total. The fourth-order valence-corrected chi connectivity index (χ4v) is 5.40. The van der Waals surface area contributed by atoms with E-state index in [4.69, 9.17) is 18.9 Å². The molecule has 4 unspecified atom stereocenters. The van der Waals surface area contributed by atoms with Crippen LogP contribution in [0.1, 0.15) is 30.6 Å². The van der Waals surface area contributed by atoms with Gasteiger partial charge in [-0.1, -0.05) is 0 Å². The molecule has 0 amide bonds. The van der Waals surface area contributed by atoms with Gasteiger partial charge >= 0.3 is 5.97 Å². The Morgan fingerprint density at radius 1 is 1.19 bits per heavy atom. The van der Waals surface area contributed by atoms with E-state index in [1.807, 2.05) is 6.92 Å². The van der Waals surface area contributed by atoms with Crippen LogP contribution in [-0.2, 0) is 20.8 Å². The second-order valence-electron chi connectivity index (χ2n) is 8.46. The number of hydrogen-bond acceptors (Lipinski definition) is 7. The second-order valence-corrected chi connectivity index (χ2v) is 8.46. The number of carbonyl (C=O) groups is 1. The van der Waals surface area contributed by atoms with Gasteiger partial charge < -0.3 is 23.9 Å². The number of piperidine rings is 1. The number of H-pyrrole nitrogens is 1. The molecule has 164 valence electrons. The Bertz CT molecular complexity index is 1150. The van der Waals surface area contributed by atoms with E-state index in [1.54, 1.807) is 32.6 Å². The second kappa shape index (κ2) is 7.30. The van der Waals surface area contributed by atoms with Crippen LogP contribution in [0.4, 0.5) is 0 Å². The zero-order valence-electron chi connectivity index (χ0n) is 18.1. The lowest BCUT2D eigenvalue weighted by Crippen LogP contribution is -2.47. The zero-order valence-corrected chi connectivity index (χ0v) is 18.1. The van der Waals surface area contributed by atoms with Crippen molar-refractivity contribution in [2.45, 2.75) is 32.0 Å². The van der Waals surface area contributed by atoms with Gasteiger partial charge in [-0.25, -0.2) is 4.79 Å². The van der Waals surface area contributed by atoms with Gasteiger partial charge in [0.1, 0.15) is 0 Å². The highest BCUT2D eigenvalue weighted by atomic mass is 16.5. The number of methoxy groups -OCH3 is 3. The maximum atomic E-state index is 13.4. The first-order chi connectivity index (χ1) is 15.0. The van der Waals surface area contributed by atoms with E-state index in [2.05, 4.69) is 9.88 Å². The topological polar surface area (TPSA) is 90.1 Å². The van der Waals surface area contributed by atoms with Crippen LogP contribution in [-0.4, -0.2) is 49.8 Å². The van der Waals surface area contributed by atoms with Crippen molar-refractivity contribution in [3.8, 4) is 11.5 Å². The first-order valence-electron chi connectivity index (χ1n) is 10.5. The monoisotopic (exact) mass is 426 g/mol. The molecule has 4 heterocycles. The molecule has 2 aromatic rings. The van der Waals surface area contributed by atoms with Crippen molar-refractivity contribution in [3.05, 3.63) is 45.4 Å². The van der Waals surface area contributed by atoms with Gasteiger partial charge in [-0.3, -0.25) is 9.69 Å². The minimum Gasteiger partial charge on any atom is -0.497 e. The van der Waals surface area contributed by atoms with E-state index < -0.39 is 0 Å². The van der Waals surface area contributed by atoms with E-state index >= 15 is 0 Å². The number of esters is 1. The molecular formula is C23H26N2O6. The Balaban J connectivity index is 1.59. The fraction of sp³-hybridized carbons (Fsp3) is 0.478. The molecule has 1 saturated heterocycles. The highest BCUT2D eigenvalue weighted by Gasteiger charge is 2.48. The average molecular weight is 426 g/mol. The van der Waals surface area contributed by atoms with Crippen LogP contribution in [0, 0.1) is 11.8 Å². The normalized spacial score (nSPS) is 26.9. The van der Waals surface area contributed by atoms with Crippen LogP contribution in [0.2, 0.25) is 0 Å². The molecule has 1 aromatic heterocycles. The van der Waals surface area contributed by atoms with Gasteiger partial charge in [0.15, 0.2) is 16.9 Å². The number of benzene rings is 1. The zero-order chi connectivity index (χ0) is 21.9. The number of ether oxygens (including phenoxy) is 4. The van der Waals surface area contributed by atoms with Gasteiger partial charge in [-0.15, -0.1) is 0 Å². The van der Waals surface area contributed by atoms with Crippen LogP contribution in [0.3, 0.4) is 0 Å². The van der Waals surface area contributed by atoms with Crippen molar-refractivity contribution >= 4 is 16.9 Å². The Morgan fingerprint density at radius 2 is 1.94 bits per heavy atom. The van der Waals surface area contributed by atoms with E-state index in [9.17, 15) is 9.59 Å². The third-order valence-corrected chi connectivity index (χ3v) is 7.04. The lowest BCUT2D eigenvalue weighted by Gasteiger charge is -2.45. The number of pyridine rings is 1. The largest absolute Gasteiger partial charge is 0.497 e. The third kappa shape index (κ3) is 2.92. The van der Waals surface area contributed by atoms with E-state index in [0.29, 0.717) is 29.0 Å². The van der Waals surface area contributed by atoms with Gasteiger partial charge in [0.2, 0.25) is 0 Å². The van der Waals surface area contributed by atoms with Crippen LogP contribution in [0.15, 0.2) is 28.8 Å². The predicted octanol–water partition coefficient (Wildman–Crippen LogP) is 2.51. The van der Waals surface area contributed by atoms with Crippen LogP contribution in [0.5, 0.6) is 11.5 Å². The molecular weight excluding hydrogens is 400 g/mol. The molecule has 5 rings (SSSR count). The highest BCUT2D eigenvalue weighted by molar-refractivity contribution is 5.89. The smallest absolute Gasteiger partial charge is 0.337 e. The van der Waals surface area contributed by atoms with Crippen molar-refractivity contribution in [2.24, 2.45) is 11.8 Å². The lowest BCUT2D eigenvalue weighted by molar-refractivity contribution is -0.139. The summed E-state index contributed by atoms with van der Waals surface area (Å²) in [4.78, 5) is 31.5. The Labute approximate surface area is 179 Å². The molecule has 0 spiro atoms. The van der Waals surface area contributed by atoms with Crippen LogP contribution >= 0.6 is 0 Å². The minimum absolute atomic E-state index is 0.00800. The van der Waals surface area contributed by atoms with E-state index in [-0.39, 0.29) is 35.4 Å². The summed E-state index contributed by atoms with van der Waals surface area (Å²) in [6, 6.07) is 3.57. The molecule has 8 heteroatoms. The van der Waals surface area contributed by atoms with Crippen LogP contribution in [0.25, 0.3) is 10.9 Å². The Morgan fingerprint density at radius 3 is 2.65 bits per heavy atom. The molecule has 31 heavy (non-hydrogen) atoms. The van der Waals surface area contributed by atoms with Crippen molar-refractivity contribution in [2.75, 3.05) is 27.9 Å². The van der Waals surface area contributed by atoms with Gasteiger partial charge in [-0.2, -0.15) is 0 Å². The van der Waals surface area contributed by atoms with Crippen LogP contribution < -0.4 is 14.9 Å². The Hall–Kier alpha value is -3.00. The van der Waals surface area contributed by atoms with E-state index in [0.717, 1.165) is 29.7 Å². The number of aromatic amines is 1. The molecule has 1 aromatic carbocycles. The first-order valence-corrected chi connectivity index (χ1v) is 10.5. The Kier molecular flexibility index (Phi) is 4.69. The number of hydrogen-bond donors (Lipinski definition) is 1. The average Bonchev–Trinajstić information content (AvgIpc) is 3.15. The fourth-order valence-electron chi connectivity index (χ4n) is 5.40. The van der Waals surface area contributed by atoms with Gasteiger partial charge in [0.25, 0.3) is 0 Å². The quantitative estimate of drug-likeness (QED) is 0.755. The van der Waals surface area contributed by atoms with E-state index in [1.165, 1.54) is 7.11 Å². The maximum absolute atomic E-state index is 13.4. The standard InChI is InChI=1S/C23H26N2O6/c1-11-14-8-25-9-15-21(18(25)5-12(14)16(10-31-11)23(27)30-4)24-17-7-20(29-3)19(28-2)6-13(17)22(15)26/h6-7,10-12,14,18H,5,8-9H2,1-4H3,(H,24,26). The number of carbonyl (C=O) groups excluding carboxylic acids is 1. The summed E-state index contributed by atoms with van der Waals surface area (Å²) in [5, 5.41) is 0.584. The number of aromatic nitrogens is 1. The molecule has 4 atom stereocenters. The highest BCUT2D eigenvalue weighted by Crippen LogP contribution is 2.48. The third-order valence-electron chi connectivity index (χ3n) is 7.04. The van der Waals surface area contributed by atoms with Gasteiger partial charge in [-0.05, 0) is 19.4 Å². The minimum atomic E-state index is -0.350. The summed E-state index contributed by atoms with van der Waals surface area (Å²) in [7, 11) is 4.52. The lowest BCUT2D eigenvalue weighted by atomic mass is 9.74. The number of rotatable bonds is 3. The first kappa shape index (κ1) is 19.9. The summed E-state index contributed by atoms with van der Waals surface area (Å²) >= 11 is 0. The number of nitrogens with zero attached hydrogens (tertiary/aromatic N) is 1. The molecule has 0 aliphatic carbocycles. The summed E-state index contributed by atoms with van der Waals surface area (Å²) in [6.45, 7) is 3.35. The molecule has 0 bridgehead atoms. The molecule has 8 nitrogen and oxygen atoms in total. The molecule has 0 radical (unpaired) electrons. The molecule has 0 saturated carbocycles. The van der Waals surface area contributed by atoms with Gasteiger partial charge in [0.05, 0.1) is 50.8 Å². The number of fused-ring (bicyclic) bond motifs is 5. The SMILES string of the molecule is COC(=O)C1=COC(C)C2CN3Cc4c([nH]c5cc(OC)c(OC)cc5c4=O)C3CC12. The van der Waals surface area contributed by atoms with Crippen molar-refractivity contribution in [1.29, 1.82) is 0 Å². The summed E-state index contributed by atoms with van der Waals surface area (Å²) < 4.78 is 21.6. The number of nitrogens with one attached hydrogen (secondary N) is 1. The summed E-state index contributed by atoms with van der Waals surface area (Å²) in [6.07, 6.45) is 2.27. The van der Waals surface area contributed by atoms with Gasteiger partial charge in [0, 0.05) is 47.6 Å². The molecule has 3 aliphatic rings. The van der Waals surface area contributed by atoms with Crippen molar-refractivity contribution in [1.82, 2.24) is 9.88 Å². The molecule has 1 fully saturated rings. The summed E-state index contributed by atoms with van der Waals surface area (Å²) in [5.41, 5.74) is 3.00. The summed E-state index contributed by atoms with van der Waals surface area (Å²) in [5.74, 6) is 0.930. The predicted molar refractivity (Wildman–Crippen MR) is 113 cm³/mol.